The molecule has 47 heavy (non-hydrogen) atoms. The van der Waals surface area contributed by atoms with Crippen molar-refractivity contribution < 1.29 is 27.8 Å². The minimum absolute atomic E-state index is 0.0114. The number of aromatic nitrogens is 3. The predicted molar refractivity (Wildman–Crippen MR) is 168 cm³/mol. The maximum Gasteiger partial charge on any atom is 0.319 e. The van der Waals surface area contributed by atoms with E-state index in [0.717, 1.165) is 32.2 Å². The molecule has 10 nitrogen and oxygen atoms in total. The van der Waals surface area contributed by atoms with Crippen LogP contribution in [0.2, 0.25) is 0 Å². The molecule has 5 aliphatic heterocycles. The summed E-state index contributed by atoms with van der Waals surface area (Å²) in [5.74, 6) is -0.954. The van der Waals surface area contributed by atoms with Crippen LogP contribution >= 0.6 is 0 Å². The van der Waals surface area contributed by atoms with Gasteiger partial charge in [0.05, 0.1) is 17.0 Å². The van der Waals surface area contributed by atoms with Crippen molar-refractivity contribution in [2.45, 2.75) is 61.9 Å². The maximum absolute atomic E-state index is 16.8. The third-order valence-electron chi connectivity index (χ3n) is 10.8. The van der Waals surface area contributed by atoms with Gasteiger partial charge in [0.25, 0.3) is 0 Å². The first-order chi connectivity index (χ1) is 22.8. The molecule has 2 aromatic heterocycles. The number of piperazine rings is 1. The number of fused-ring (bicyclic) bond motifs is 5. The molecule has 1 amide bonds. The lowest BCUT2D eigenvalue weighted by atomic mass is 9.95. The Kier molecular flexibility index (Phi) is 6.56. The highest BCUT2D eigenvalue weighted by Gasteiger charge is 2.50. The van der Waals surface area contributed by atoms with Gasteiger partial charge < -0.3 is 25.0 Å². The van der Waals surface area contributed by atoms with E-state index >= 15 is 8.78 Å². The van der Waals surface area contributed by atoms with Crippen LogP contribution in [0.1, 0.15) is 32.1 Å². The Bertz CT molecular complexity index is 1930. The first-order valence-corrected chi connectivity index (χ1v) is 16.4. The van der Waals surface area contributed by atoms with Crippen molar-refractivity contribution in [2.75, 3.05) is 44.2 Å². The second-order valence-electron chi connectivity index (χ2n) is 13.7. The predicted octanol–water partition coefficient (Wildman–Crippen LogP) is 3.94. The molecular formula is C34H34F3N7O3. The van der Waals surface area contributed by atoms with Crippen LogP contribution in [0.3, 0.4) is 0 Å². The summed E-state index contributed by atoms with van der Waals surface area (Å²) in [5, 5.41) is 14.5. The molecule has 5 atom stereocenters. The number of carbonyl (C=O) groups is 1. The molecule has 2 bridgehead atoms. The van der Waals surface area contributed by atoms with Crippen LogP contribution in [0.4, 0.5) is 19.0 Å². The Hall–Kier alpha value is -4.23. The van der Waals surface area contributed by atoms with Crippen LogP contribution in [0, 0.1) is 11.6 Å². The molecule has 5 fully saturated rings. The Balaban J connectivity index is 1.14. The molecule has 5 aliphatic rings. The molecule has 244 valence electrons. The Morgan fingerprint density at radius 3 is 2.72 bits per heavy atom. The van der Waals surface area contributed by atoms with E-state index in [-0.39, 0.29) is 64.6 Å². The zero-order valence-electron chi connectivity index (χ0n) is 25.6. The second kappa shape index (κ2) is 10.6. The lowest BCUT2D eigenvalue weighted by Gasteiger charge is -2.42. The van der Waals surface area contributed by atoms with Gasteiger partial charge in [-0.05, 0) is 55.8 Å². The smallest absolute Gasteiger partial charge is 0.319 e. The second-order valence-corrected chi connectivity index (χ2v) is 13.7. The number of hydrogen-bond donors (Lipinski definition) is 2. The average molecular weight is 646 g/mol. The van der Waals surface area contributed by atoms with E-state index in [1.165, 1.54) is 30.5 Å². The Morgan fingerprint density at radius 1 is 1.13 bits per heavy atom. The molecule has 7 heterocycles. The van der Waals surface area contributed by atoms with Crippen LogP contribution < -0.4 is 15.0 Å². The minimum Gasteiger partial charge on any atom is -0.508 e. The van der Waals surface area contributed by atoms with Crippen molar-refractivity contribution in [3.05, 3.63) is 48.2 Å². The summed E-state index contributed by atoms with van der Waals surface area (Å²) in [6.45, 7) is 3.05. The quantitative estimate of drug-likeness (QED) is 0.301. The number of amides is 1. The molecule has 0 radical (unpaired) electrons. The normalized spacial score (nSPS) is 28.4. The lowest BCUT2D eigenvalue weighted by Crippen LogP contribution is -2.57. The summed E-state index contributed by atoms with van der Waals surface area (Å²) in [6, 6.07) is 6.99. The zero-order valence-corrected chi connectivity index (χ0v) is 25.6. The fourth-order valence-electron chi connectivity index (χ4n) is 8.56. The van der Waals surface area contributed by atoms with Crippen molar-refractivity contribution in [2.24, 2.45) is 0 Å². The van der Waals surface area contributed by atoms with E-state index in [0.29, 0.717) is 49.2 Å². The highest BCUT2D eigenvalue weighted by atomic mass is 19.1. The van der Waals surface area contributed by atoms with Crippen molar-refractivity contribution in [3.8, 4) is 23.0 Å². The lowest BCUT2D eigenvalue weighted by molar-refractivity contribution is -0.133. The van der Waals surface area contributed by atoms with Gasteiger partial charge in [0, 0.05) is 61.8 Å². The number of nitrogens with zero attached hydrogens (tertiary/aromatic N) is 6. The average Bonchev–Trinajstić information content (AvgIpc) is 3.69. The molecule has 9 rings (SSSR count). The number of benzene rings is 2. The van der Waals surface area contributed by atoms with E-state index in [1.54, 1.807) is 6.07 Å². The molecule has 0 spiro atoms. The van der Waals surface area contributed by atoms with Crippen molar-refractivity contribution in [1.82, 2.24) is 30.1 Å². The monoisotopic (exact) mass is 645 g/mol. The molecule has 2 N–H and O–H groups in total. The van der Waals surface area contributed by atoms with E-state index in [4.69, 9.17) is 9.72 Å². The summed E-state index contributed by atoms with van der Waals surface area (Å²) in [6.07, 6.45) is 4.38. The van der Waals surface area contributed by atoms with Crippen molar-refractivity contribution in [1.29, 1.82) is 0 Å². The summed E-state index contributed by atoms with van der Waals surface area (Å²) in [5.41, 5.74) is -0.575. The zero-order chi connectivity index (χ0) is 32.0. The number of phenols is 1. The van der Waals surface area contributed by atoms with Gasteiger partial charge in [-0.25, -0.2) is 13.2 Å². The molecular weight excluding hydrogens is 611 g/mol. The highest BCUT2D eigenvalue weighted by Crippen LogP contribution is 2.42. The summed E-state index contributed by atoms with van der Waals surface area (Å²) >= 11 is 0. The number of halogens is 3. The first-order valence-electron chi connectivity index (χ1n) is 16.4. The fraction of sp³-hybridized carbons (Fsp3) is 0.471. The topological polar surface area (TPSA) is 117 Å². The van der Waals surface area contributed by atoms with Gasteiger partial charge in [-0.2, -0.15) is 9.97 Å². The molecule has 5 saturated heterocycles. The van der Waals surface area contributed by atoms with Gasteiger partial charge in [0.15, 0.2) is 5.82 Å². The SMILES string of the molecule is O=C([C@@H]1CN1)N1[C@@H]2CC[C@H]1CN(c1nc(OC[C@@]34CCCN3C[C@H](F)C4)nc3c(F)c(-c4cc(O)cc5cccc(F)c45)ncc13)C2. The van der Waals surface area contributed by atoms with Crippen molar-refractivity contribution in [3.63, 3.8) is 0 Å². The van der Waals surface area contributed by atoms with Gasteiger partial charge in [0.2, 0.25) is 5.91 Å². The maximum atomic E-state index is 16.8. The van der Waals surface area contributed by atoms with Crippen LogP contribution in [0.25, 0.3) is 32.9 Å². The van der Waals surface area contributed by atoms with Crippen LogP contribution in [0.15, 0.2) is 36.5 Å². The number of anilines is 1. The third-order valence-corrected chi connectivity index (χ3v) is 10.8. The summed E-state index contributed by atoms with van der Waals surface area (Å²) in [7, 11) is 0. The number of hydrogen-bond acceptors (Lipinski definition) is 9. The van der Waals surface area contributed by atoms with E-state index in [9.17, 15) is 14.3 Å². The largest absolute Gasteiger partial charge is 0.508 e. The van der Waals surface area contributed by atoms with Gasteiger partial charge in [0.1, 0.15) is 41.4 Å². The van der Waals surface area contributed by atoms with Crippen LogP contribution in [-0.4, -0.2) is 105 Å². The van der Waals surface area contributed by atoms with E-state index < -0.39 is 23.3 Å². The standard InChI is InChI=1S/C34H34F3N7O3/c35-19-11-34(7-2-8-43(34)14-19)17-47-33-40-30-24(31(41-33)42-15-20-5-6-21(16-42)44(20)32(46)26-13-38-26)12-39-29(28(30)37)23-10-22(45)9-18-3-1-4-25(36)27(18)23/h1,3-4,9-10,12,19-21,26,38,45H,2,5-8,11,13-17H2/t19-,20-,21+,26+,34+/m1/s1. The number of phenolic OH excluding ortho intramolecular Hbond substituents is 1. The van der Waals surface area contributed by atoms with Gasteiger partial charge in [-0.3, -0.25) is 14.7 Å². The molecule has 0 saturated carbocycles. The fourth-order valence-corrected chi connectivity index (χ4v) is 8.56. The molecule has 13 heteroatoms. The van der Waals surface area contributed by atoms with Crippen LogP contribution in [-0.2, 0) is 4.79 Å². The summed E-state index contributed by atoms with van der Waals surface area (Å²) < 4.78 is 52.7. The number of rotatable bonds is 6. The van der Waals surface area contributed by atoms with E-state index in [2.05, 4.69) is 25.1 Å². The Morgan fingerprint density at radius 2 is 1.94 bits per heavy atom. The molecule has 4 aromatic rings. The number of alkyl halides is 1. The number of pyridine rings is 1. The van der Waals surface area contributed by atoms with Gasteiger partial charge >= 0.3 is 6.01 Å². The van der Waals surface area contributed by atoms with Crippen LogP contribution in [0.5, 0.6) is 11.8 Å². The summed E-state index contributed by atoms with van der Waals surface area (Å²) in [4.78, 5) is 33.1. The molecule has 0 unspecified atom stereocenters. The number of carbonyl (C=O) groups excluding carboxylic acids is 1. The highest BCUT2D eigenvalue weighted by molar-refractivity contribution is 6.00. The van der Waals surface area contributed by atoms with E-state index in [1.807, 2.05) is 4.90 Å². The number of ether oxygens (including phenoxy) is 1. The number of aromatic hydroxyl groups is 1. The third kappa shape index (κ3) is 4.68. The number of nitrogens with one attached hydrogen (secondary N) is 1. The first kappa shape index (κ1) is 29.0. The molecule has 2 aromatic carbocycles. The van der Waals surface area contributed by atoms with Gasteiger partial charge in [-0.15, -0.1) is 0 Å². The minimum atomic E-state index is -0.934. The van der Waals surface area contributed by atoms with Crippen molar-refractivity contribution >= 4 is 33.4 Å². The van der Waals surface area contributed by atoms with Gasteiger partial charge in [-0.1, -0.05) is 12.1 Å². The Labute approximate surface area is 268 Å². The molecule has 0 aliphatic carbocycles.